The minimum Gasteiger partial charge on any atom is -0.478 e. The standard InChI is InChI=1S/C15H23NO2/c1-4-6-7-8-12(5-2)13-9-10-16(3)11-14(13)15(17)18/h6-7,9-13H,4-5,8H2,1-3H3,(H,17,18)/b7-6+/t12-,13?/m0/s1. The number of allylic oxidation sites excluding steroid dienone is 3. The predicted octanol–water partition coefficient (Wildman–Crippen LogP) is 3.41. The van der Waals surface area contributed by atoms with E-state index in [1.54, 1.807) is 11.1 Å². The lowest BCUT2D eigenvalue weighted by Gasteiger charge is -2.28. The highest BCUT2D eigenvalue weighted by atomic mass is 16.4. The summed E-state index contributed by atoms with van der Waals surface area (Å²) in [6.07, 6.45) is 12.9. The molecule has 18 heavy (non-hydrogen) atoms. The molecule has 0 bridgehead atoms. The van der Waals surface area contributed by atoms with Crippen molar-refractivity contribution in [2.75, 3.05) is 7.05 Å². The van der Waals surface area contributed by atoms with Crippen LogP contribution in [-0.4, -0.2) is 23.0 Å². The molecular formula is C15H23NO2. The van der Waals surface area contributed by atoms with Gasteiger partial charge in [0.1, 0.15) is 0 Å². The molecule has 0 saturated heterocycles. The predicted molar refractivity (Wildman–Crippen MR) is 73.9 cm³/mol. The Kier molecular flexibility index (Phi) is 5.69. The average molecular weight is 249 g/mol. The smallest absolute Gasteiger partial charge is 0.333 e. The zero-order chi connectivity index (χ0) is 13.5. The van der Waals surface area contributed by atoms with Gasteiger partial charge in [0, 0.05) is 19.2 Å². The van der Waals surface area contributed by atoms with Gasteiger partial charge in [0.2, 0.25) is 0 Å². The van der Waals surface area contributed by atoms with Crippen LogP contribution in [0.15, 0.2) is 36.2 Å². The molecule has 0 aliphatic carbocycles. The lowest BCUT2D eigenvalue weighted by molar-refractivity contribution is -0.133. The maximum absolute atomic E-state index is 11.3. The lowest BCUT2D eigenvalue weighted by Crippen LogP contribution is -2.25. The molecule has 1 N–H and O–H groups in total. The van der Waals surface area contributed by atoms with Gasteiger partial charge in [0.15, 0.2) is 0 Å². The van der Waals surface area contributed by atoms with Crippen LogP contribution < -0.4 is 0 Å². The molecule has 1 aliphatic heterocycles. The minimum absolute atomic E-state index is 0.0187. The van der Waals surface area contributed by atoms with Crippen LogP contribution in [0.4, 0.5) is 0 Å². The summed E-state index contributed by atoms with van der Waals surface area (Å²) in [6, 6.07) is 0. The third kappa shape index (κ3) is 3.76. The van der Waals surface area contributed by atoms with E-state index >= 15 is 0 Å². The van der Waals surface area contributed by atoms with Gasteiger partial charge < -0.3 is 10.0 Å². The van der Waals surface area contributed by atoms with E-state index in [4.69, 9.17) is 0 Å². The molecule has 0 radical (unpaired) electrons. The quantitative estimate of drug-likeness (QED) is 0.733. The van der Waals surface area contributed by atoms with Gasteiger partial charge in [-0.05, 0) is 25.0 Å². The Labute approximate surface area is 109 Å². The van der Waals surface area contributed by atoms with E-state index in [2.05, 4.69) is 26.0 Å². The summed E-state index contributed by atoms with van der Waals surface area (Å²) in [4.78, 5) is 13.1. The van der Waals surface area contributed by atoms with E-state index in [0.29, 0.717) is 11.5 Å². The number of hydrogen-bond donors (Lipinski definition) is 1. The molecule has 2 atom stereocenters. The molecule has 3 heteroatoms. The van der Waals surface area contributed by atoms with Crippen LogP contribution in [0.5, 0.6) is 0 Å². The van der Waals surface area contributed by atoms with Gasteiger partial charge in [-0.3, -0.25) is 0 Å². The van der Waals surface area contributed by atoms with E-state index in [9.17, 15) is 9.90 Å². The fourth-order valence-corrected chi connectivity index (χ4v) is 2.29. The minimum atomic E-state index is -0.811. The largest absolute Gasteiger partial charge is 0.478 e. The Morgan fingerprint density at radius 3 is 2.78 bits per heavy atom. The summed E-state index contributed by atoms with van der Waals surface area (Å²) < 4.78 is 0. The maximum Gasteiger partial charge on any atom is 0.333 e. The first-order chi connectivity index (χ1) is 8.60. The number of carboxylic acid groups (broad SMARTS) is 1. The van der Waals surface area contributed by atoms with Crippen molar-refractivity contribution in [3.8, 4) is 0 Å². The van der Waals surface area contributed by atoms with Crippen LogP contribution in [0.2, 0.25) is 0 Å². The Morgan fingerprint density at radius 2 is 2.22 bits per heavy atom. The van der Waals surface area contributed by atoms with Crippen molar-refractivity contribution in [1.29, 1.82) is 0 Å². The van der Waals surface area contributed by atoms with Crippen molar-refractivity contribution in [3.63, 3.8) is 0 Å². The van der Waals surface area contributed by atoms with E-state index in [1.165, 1.54) is 0 Å². The van der Waals surface area contributed by atoms with Crippen LogP contribution >= 0.6 is 0 Å². The molecule has 1 rings (SSSR count). The highest BCUT2D eigenvalue weighted by molar-refractivity contribution is 5.87. The molecular weight excluding hydrogens is 226 g/mol. The molecule has 0 amide bonds. The van der Waals surface area contributed by atoms with Crippen molar-refractivity contribution in [1.82, 2.24) is 4.90 Å². The molecule has 3 nitrogen and oxygen atoms in total. The number of rotatable bonds is 6. The Hall–Kier alpha value is -1.51. The topological polar surface area (TPSA) is 40.5 Å². The van der Waals surface area contributed by atoms with Crippen LogP contribution in [0.25, 0.3) is 0 Å². The second-order valence-electron chi connectivity index (χ2n) is 4.71. The summed E-state index contributed by atoms with van der Waals surface area (Å²) in [5.41, 5.74) is 0.497. The van der Waals surface area contributed by atoms with Gasteiger partial charge in [0.25, 0.3) is 0 Å². The van der Waals surface area contributed by atoms with Crippen molar-refractivity contribution >= 4 is 5.97 Å². The average Bonchev–Trinajstić information content (AvgIpc) is 2.35. The highest BCUT2D eigenvalue weighted by Gasteiger charge is 2.27. The summed E-state index contributed by atoms with van der Waals surface area (Å²) in [5, 5.41) is 9.30. The summed E-state index contributed by atoms with van der Waals surface area (Å²) in [7, 11) is 1.85. The second kappa shape index (κ2) is 7.04. The summed E-state index contributed by atoms with van der Waals surface area (Å²) >= 11 is 0. The molecule has 0 aromatic rings. The van der Waals surface area contributed by atoms with E-state index in [-0.39, 0.29) is 5.92 Å². The van der Waals surface area contributed by atoms with Crippen LogP contribution in [0.1, 0.15) is 33.1 Å². The molecule has 0 saturated carbocycles. The first-order valence-corrected chi connectivity index (χ1v) is 6.60. The second-order valence-corrected chi connectivity index (χ2v) is 4.71. The lowest BCUT2D eigenvalue weighted by atomic mass is 9.81. The third-order valence-corrected chi connectivity index (χ3v) is 3.35. The Balaban J connectivity index is 2.83. The van der Waals surface area contributed by atoms with Gasteiger partial charge in [-0.2, -0.15) is 0 Å². The van der Waals surface area contributed by atoms with E-state index in [1.807, 2.05) is 19.3 Å². The van der Waals surface area contributed by atoms with E-state index < -0.39 is 5.97 Å². The van der Waals surface area contributed by atoms with Crippen molar-refractivity contribution in [3.05, 3.63) is 36.2 Å². The third-order valence-electron chi connectivity index (χ3n) is 3.35. The van der Waals surface area contributed by atoms with Crippen molar-refractivity contribution in [2.24, 2.45) is 11.8 Å². The van der Waals surface area contributed by atoms with Crippen LogP contribution in [0.3, 0.4) is 0 Å². The number of carboxylic acids is 1. The molecule has 1 heterocycles. The number of hydrogen-bond acceptors (Lipinski definition) is 2. The number of aliphatic carboxylic acids is 1. The van der Waals surface area contributed by atoms with Gasteiger partial charge in [-0.15, -0.1) is 0 Å². The van der Waals surface area contributed by atoms with Gasteiger partial charge in [-0.25, -0.2) is 4.79 Å². The maximum atomic E-state index is 11.3. The molecule has 0 fully saturated rings. The van der Waals surface area contributed by atoms with Gasteiger partial charge in [0.05, 0.1) is 5.57 Å². The number of nitrogens with zero attached hydrogens (tertiary/aromatic N) is 1. The summed E-state index contributed by atoms with van der Waals surface area (Å²) in [6.45, 7) is 4.23. The molecule has 100 valence electrons. The molecule has 0 spiro atoms. The fraction of sp³-hybridized carbons (Fsp3) is 0.533. The zero-order valence-electron chi connectivity index (χ0n) is 11.5. The Morgan fingerprint density at radius 1 is 1.50 bits per heavy atom. The Bertz CT molecular complexity index is 369. The summed E-state index contributed by atoms with van der Waals surface area (Å²) in [5.74, 6) is -0.431. The van der Waals surface area contributed by atoms with Gasteiger partial charge >= 0.3 is 5.97 Å². The first kappa shape index (κ1) is 14.6. The van der Waals surface area contributed by atoms with Crippen molar-refractivity contribution in [2.45, 2.75) is 33.1 Å². The fourth-order valence-electron chi connectivity index (χ4n) is 2.29. The van der Waals surface area contributed by atoms with E-state index in [0.717, 1.165) is 19.3 Å². The molecule has 1 unspecified atom stereocenters. The number of carbonyl (C=O) groups is 1. The SMILES string of the molecule is CC/C=C/C[C@H](CC)C1C=CN(C)C=C1C(=O)O. The van der Waals surface area contributed by atoms with Crippen molar-refractivity contribution < 1.29 is 9.90 Å². The van der Waals surface area contributed by atoms with Gasteiger partial charge in [-0.1, -0.05) is 38.5 Å². The monoisotopic (exact) mass is 249 g/mol. The zero-order valence-corrected chi connectivity index (χ0v) is 11.5. The molecule has 0 aromatic heterocycles. The van der Waals surface area contributed by atoms with Crippen LogP contribution in [-0.2, 0) is 4.79 Å². The molecule has 1 aliphatic rings. The molecule has 0 aromatic carbocycles. The van der Waals surface area contributed by atoms with Crippen LogP contribution in [0, 0.1) is 11.8 Å². The first-order valence-electron chi connectivity index (χ1n) is 6.60. The normalized spacial score (nSPS) is 21.2. The highest BCUT2D eigenvalue weighted by Crippen LogP contribution is 2.31.